The average molecular weight is 226 g/mol. The van der Waals surface area contributed by atoms with E-state index in [1.807, 2.05) is 0 Å². The molecule has 2 aromatic carbocycles. The first-order valence-electron chi connectivity index (χ1n) is 6.46. The van der Waals surface area contributed by atoms with E-state index in [-0.39, 0.29) is 6.10 Å². The molecule has 0 aliphatic heterocycles. The predicted molar refractivity (Wildman–Crippen MR) is 71.2 cm³/mol. The second kappa shape index (κ2) is 4.15. The molecular weight excluding hydrogens is 208 g/mol. The summed E-state index contributed by atoms with van der Waals surface area (Å²) < 4.78 is 0. The molecule has 1 aliphatic rings. The molecule has 0 unspecified atom stereocenters. The topological polar surface area (TPSA) is 20.2 Å². The van der Waals surface area contributed by atoms with Crippen molar-refractivity contribution < 1.29 is 5.11 Å². The van der Waals surface area contributed by atoms with Crippen molar-refractivity contribution in [1.82, 2.24) is 0 Å². The Labute approximate surface area is 102 Å². The molecule has 3 rings (SSSR count). The molecule has 17 heavy (non-hydrogen) atoms. The van der Waals surface area contributed by atoms with Gasteiger partial charge in [-0.1, -0.05) is 36.8 Å². The van der Waals surface area contributed by atoms with Gasteiger partial charge in [-0.3, -0.25) is 0 Å². The van der Waals surface area contributed by atoms with Gasteiger partial charge in [-0.15, -0.1) is 0 Å². The van der Waals surface area contributed by atoms with Crippen LogP contribution in [0.1, 0.15) is 42.1 Å². The lowest BCUT2D eigenvalue weighted by Gasteiger charge is -2.16. The van der Waals surface area contributed by atoms with Crippen LogP contribution >= 0.6 is 0 Å². The number of aliphatic hydroxyl groups is 1. The van der Waals surface area contributed by atoms with Crippen molar-refractivity contribution in [3.05, 3.63) is 47.0 Å². The van der Waals surface area contributed by atoms with Crippen molar-refractivity contribution in [2.24, 2.45) is 0 Å². The Balaban J connectivity index is 2.34. The highest BCUT2D eigenvalue weighted by Gasteiger charge is 2.19. The molecule has 0 fully saturated rings. The molecule has 1 heteroatoms. The maximum Gasteiger partial charge on any atom is 0.0793 e. The minimum atomic E-state index is -0.268. The molecule has 88 valence electrons. The zero-order chi connectivity index (χ0) is 11.8. The zero-order valence-electron chi connectivity index (χ0n) is 10.2. The number of fused-ring (bicyclic) bond motifs is 3. The van der Waals surface area contributed by atoms with E-state index in [0.29, 0.717) is 0 Å². The van der Waals surface area contributed by atoms with Gasteiger partial charge in [0.25, 0.3) is 0 Å². The summed E-state index contributed by atoms with van der Waals surface area (Å²) in [6.45, 7) is 2.14. The number of aryl methyl sites for hydroxylation is 2. The molecule has 0 heterocycles. The van der Waals surface area contributed by atoms with E-state index in [1.54, 1.807) is 0 Å². The van der Waals surface area contributed by atoms with Crippen LogP contribution in [0.2, 0.25) is 0 Å². The van der Waals surface area contributed by atoms with Gasteiger partial charge in [0.2, 0.25) is 0 Å². The lowest BCUT2D eigenvalue weighted by atomic mass is 9.91. The van der Waals surface area contributed by atoms with Gasteiger partial charge < -0.3 is 5.11 Å². The molecule has 0 aromatic heterocycles. The van der Waals surface area contributed by atoms with Gasteiger partial charge in [0, 0.05) is 0 Å². The van der Waals surface area contributed by atoms with E-state index < -0.39 is 0 Å². The van der Waals surface area contributed by atoms with Crippen LogP contribution in [0.5, 0.6) is 0 Å². The third-order valence-electron chi connectivity index (χ3n) is 3.91. The molecule has 0 saturated carbocycles. The highest BCUT2D eigenvalue weighted by atomic mass is 16.3. The lowest BCUT2D eigenvalue weighted by Crippen LogP contribution is -2.00. The summed E-state index contributed by atoms with van der Waals surface area (Å²) in [5, 5.41) is 12.9. The second-order valence-electron chi connectivity index (χ2n) is 5.07. The third kappa shape index (κ3) is 1.75. The van der Waals surface area contributed by atoms with E-state index in [4.69, 9.17) is 0 Å². The van der Waals surface area contributed by atoms with Gasteiger partial charge >= 0.3 is 0 Å². The average Bonchev–Trinajstić information content (AvgIpc) is 2.53. The first-order chi connectivity index (χ1) is 8.27. The standard InChI is InChI=1S/C16H18O/c1-11-10-15-14(8-4-5-9-16(15)17)13-7-3-2-6-12(11)13/h2-3,6-7,10,16-17H,4-5,8-9H2,1H3/t16-/m0/s1. The van der Waals surface area contributed by atoms with Gasteiger partial charge in [0.1, 0.15) is 0 Å². The molecule has 0 amide bonds. The Morgan fingerprint density at radius 1 is 1.12 bits per heavy atom. The summed E-state index contributed by atoms with van der Waals surface area (Å²) in [7, 11) is 0. The minimum Gasteiger partial charge on any atom is -0.388 e. The molecule has 1 aliphatic carbocycles. The van der Waals surface area contributed by atoms with Crippen LogP contribution in [0.25, 0.3) is 10.8 Å². The highest BCUT2D eigenvalue weighted by Crippen LogP contribution is 2.35. The van der Waals surface area contributed by atoms with Crippen molar-refractivity contribution in [2.45, 2.75) is 38.7 Å². The lowest BCUT2D eigenvalue weighted by molar-refractivity contribution is 0.166. The molecule has 0 radical (unpaired) electrons. The van der Waals surface area contributed by atoms with Crippen LogP contribution < -0.4 is 0 Å². The fourth-order valence-electron chi connectivity index (χ4n) is 3.02. The van der Waals surface area contributed by atoms with Crippen molar-refractivity contribution in [3.8, 4) is 0 Å². The van der Waals surface area contributed by atoms with Crippen LogP contribution in [0.3, 0.4) is 0 Å². The van der Waals surface area contributed by atoms with E-state index in [1.165, 1.54) is 33.9 Å². The summed E-state index contributed by atoms with van der Waals surface area (Å²) in [4.78, 5) is 0. The Kier molecular flexibility index (Phi) is 2.64. The summed E-state index contributed by atoms with van der Waals surface area (Å²) in [5.41, 5.74) is 3.82. The summed E-state index contributed by atoms with van der Waals surface area (Å²) >= 11 is 0. The zero-order valence-corrected chi connectivity index (χ0v) is 10.2. The van der Waals surface area contributed by atoms with Crippen LogP contribution in [0, 0.1) is 6.92 Å². The second-order valence-corrected chi connectivity index (χ2v) is 5.07. The monoisotopic (exact) mass is 226 g/mol. The highest BCUT2D eigenvalue weighted by molar-refractivity contribution is 5.89. The van der Waals surface area contributed by atoms with Crippen molar-refractivity contribution >= 4 is 10.8 Å². The molecule has 0 spiro atoms. The normalized spacial score (nSPS) is 20.0. The Morgan fingerprint density at radius 2 is 1.88 bits per heavy atom. The van der Waals surface area contributed by atoms with E-state index in [0.717, 1.165) is 19.3 Å². The Morgan fingerprint density at radius 3 is 2.71 bits per heavy atom. The molecule has 0 saturated heterocycles. The van der Waals surface area contributed by atoms with Crippen molar-refractivity contribution in [2.75, 3.05) is 0 Å². The van der Waals surface area contributed by atoms with Gasteiger partial charge in [-0.05, 0) is 53.6 Å². The summed E-state index contributed by atoms with van der Waals surface area (Å²) in [6, 6.07) is 10.8. The maximum atomic E-state index is 10.2. The molecule has 2 aromatic rings. The minimum absolute atomic E-state index is 0.268. The van der Waals surface area contributed by atoms with Gasteiger partial charge in [0.05, 0.1) is 6.10 Å². The molecular formula is C16H18O. The van der Waals surface area contributed by atoms with Crippen LogP contribution in [-0.2, 0) is 6.42 Å². The number of rotatable bonds is 0. The Hall–Kier alpha value is -1.34. The molecule has 0 bridgehead atoms. The van der Waals surface area contributed by atoms with Crippen molar-refractivity contribution in [1.29, 1.82) is 0 Å². The quantitative estimate of drug-likeness (QED) is 0.675. The number of hydrogen-bond donors (Lipinski definition) is 1. The fraction of sp³-hybridized carbons (Fsp3) is 0.375. The SMILES string of the molecule is Cc1cc2c(c3ccccc13)CCCC[C@@H]2O. The first-order valence-corrected chi connectivity index (χ1v) is 6.46. The predicted octanol–water partition coefficient (Wildman–Crippen LogP) is 3.91. The van der Waals surface area contributed by atoms with Gasteiger partial charge in [-0.2, -0.15) is 0 Å². The van der Waals surface area contributed by atoms with Gasteiger partial charge in [-0.25, -0.2) is 0 Å². The summed E-state index contributed by atoms with van der Waals surface area (Å²) in [6.07, 6.45) is 4.06. The van der Waals surface area contributed by atoms with Crippen molar-refractivity contribution in [3.63, 3.8) is 0 Å². The number of benzene rings is 2. The van der Waals surface area contributed by atoms with Gasteiger partial charge in [0.15, 0.2) is 0 Å². The largest absolute Gasteiger partial charge is 0.388 e. The van der Waals surface area contributed by atoms with E-state index >= 15 is 0 Å². The molecule has 1 N–H and O–H groups in total. The maximum absolute atomic E-state index is 10.2. The number of hydrogen-bond acceptors (Lipinski definition) is 1. The number of aliphatic hydroxyl groups excluding tert-OH is 1. The van der Waals surface area contributed by atoms with Crippen LogP contribution in [0.15, 0.2) is 30.3 Å². The Bertz CT molecular complexity index is 557. The first kappa shape index (κ1) is 10.8. The van der Waals surface area contributed by atoms with E-state index in [9.17, 15) is 5.11 Å². The van der Waals surface area contributed by atoms with Crippen LogP contribution in [-0.4, -0.2) is 5.11 Å². The van der Waals surface area contributed by atoms with E-state index in [2.05, 4.69) is 37.3 Å². The third-order valence-corrected chi connectivity index (χ3v) is 3.91. The van der Waals surface area contributed by atoms with Crippen LogP contribution in [0.4, 0.5) is 0 Å². The fourth-order valence-corrected chi connectivity index (χ4v) is 3.02. The smallest absolute Gasteiger partial charge is 0.0793 e. The summed E-state index contributed by atoms with van der Waals surface area (Å²) in [5.74, 6) is 0. The molecule has 1 atom stereocenters. The molecule has 1 nitrogen and oxygen atoms in total.